The normalized spacial score (nSPS) is 8.87. The van der Waals surface area contributed by atoms with E-state index in [9.17, 15) is 14.1 Å². The largest absolute Gasteiger partial charge is 0.357 e. The fourth-order valence-electron chi connectivity index (χ4n) is 0.660. The summed E-state index contributed by atoms with van der Waals surface area (Å²) in [7, 11) is 0. The Balaban J connectivity index is 0.000000162. The molecule has 2 aromatic heterocycles. The zero-order valence-corrected chi connectivity index (χ0v) is 7.50. The zero-order valence-electron chi connectivity index (χ0n) is 7.50. The van der Waals surface area contributed by atoms with Crippen molar-refractivity contribution < 1.29 is 4.48 Å². The number of hydrogen-bond acceptors (Lipinski definition) is 4. The average molecular weight is 210 g/mol. The first kappa shape index (κ1) is 10.8. The first-order valence-corrected chi connectivity index (χ1v) is 3.88. The van der Waals surface area contributed by atoms with Gasteiger partial charge >= 0.3 is 5.69 Å². The van der Waals surface area contributed by atoms with Gasteiger partial charge in [0, 0.05) is 24.7 Å². The zero-order chi connectivity index (χ0) is 11.1. The summed E-state index contributed by atoms with van der Waals surface area (Å²) in [5.74, 6) is 0. The highest BCUT2D eigenvalue weighted by Crippen LogP contribution is 1.66. The Bertz CT molecular complexity index is 453. The van der Waals surface area contributed by atoms with Crippen LogP contribution in [0.15, 0.2) is 46.6 Å². The molecule has 78 valence electrons. The molecular weight excluding hydrogens is 203 g/mol. The van der Waals surface area contributed by atoms with Crippen molar-refractivity contribution >= 4 is 0 Å². The molecule has 0 bridgehead atoms. The minimum atomic E-state index is -1.05. The SMILES string of the molecule is O=c1cc[nH]c(=O)n1F.c1cncnc1. The van der Waals surface area contributed by atoms with Crippen LogP contribution in [0, 0.1) is 0 Å². The smallest absolute Gasteiger partial charge is 0.312 e. The Morgan fingerprint density at radius 3 is 2.27 bits per heavy atom. The van der Waals surface area contributed by atoms with Crippen LogP contribution in [0.1, 0.15) is 0 Å². The lowest BCUT2D eigenvalue weighted by atomic mass is 10.7. The summed E-state index contributed by atoms with van der Waals surface area (Å²) in [5.41, 5.74) is -2.01. The molecule has 0 radical (unpaired) electrons. The second kappa shape index (κ2) is 5.43. The van der Waals surface area contributed by atoms with Gasteiger partial charge in [0.15, 0.2) is 0 Å². The van der Waals surface area contributed by atoms with Crippen LogP contribution >= 0.6 is 0 Å². The van der Waals surface area contributed by atoms with Crippen molar-refractivity contribution in [2.45, 2.75) is 0 Å². The van der Waals surface area contributed by atoms with Gasteiger partial charge in [-0.2, -0.15) is 0 Å². The molecule has 0 unspecified atom stereocenters. The van der Waals surface area contributed by atoms with Gasteiger partial charge in [-0.05, 0) is 6.07 Å². The summed E-state index contributed by atoms with van der Waals surface area (Å²) >= 11 is 0. The van der Waals surface area contributed by atoms with Crippen molar-refractivity contribution in [3.8, 4) is 0 Å². The molecule has 0 aliphatic heterocycles. The number of hydrogen-bond donors (Lipinski definition) is 1. The van der Waals surface area contributed by atoms with Crippen molar-refractivity contribution in [1.29, 1.82) is 0 Å². The Morgan fingerprint density at radius 2 is 1.93 bits per heavy atom. The number of H-pyrrole nitrogens is 1. The second-order valence-electron chi connectivity index (χ2n) is 2.31. The summed E-state index contributed by atoms with van der Waals surface area (Å²) in [6, 6.07) is 2.70. The predicted octanol–water partition coefficient (Wildman–Crippen LogP) is -0.254. The standard InChI is InChI=1S/C4H3FN2O2.C4H4N2/c5-7-3(8)1-2-6-4(7)9;1-2-5-4-6-3-1/h1-2H,(H,6,9);1-4H. The van der Waals surface area contributed by atoms with Gasteiger partial charge in [0.2, 0.25) is 0 Å². The molecule has 0 amide bonds. The molecule has 0 atom stereocenters. The number of halogens is 1. The quantitative estimate of drug-likeness (QED) is 0.649. The van der Waals surface area contributed by atoms with Crippen molar-refractivity contribution in [3.05, 3.63) is 57.9 Å². The molecule has 2 aromatic rings. The molecule has 2 rings (SSSR count). The number of aromatic amines is 1. The Morgan fingerprint density at radius 1 is 1.27 bits per heavy atom. The van der Waals surface area contributed by atoms with E-state index >= 15 is 0 Å². The number of aromatic nitrogens is 4. The highest BCUT2D eigenvalue weighted by Gasteiger charge is 1.93. The van der Waals surface area contributed by atoms with Crippen molar-refractivity contribution in [2.75, 3.05) is 0 Å². The van der Waals surface area contributed by atoms with Crippen molar-refractivity contribution in [1.82, 2.24) is 19.7 Å². The van der Waals surface area contributed by atoms with Crippen molar-refractivity contribution in [3.63, 3.8) is 0 Å². The molecule has 0 aliphatic carbocycles. The van der Waals surface area contributed by atoms with Crippen LogP contribution in [0.4, 0.5) is 4.48 Å². The number of rotatable bonds is 0. The number of nitrogens with one attached hydrogen (secondary N) is 1. The maximum absolute atomic E-state index is 12.0. The van der Waals surface area contributed by atoms with Crippen LogP contribution in [0.2, 0.25) is 0 Å². The van der Waals surface area contributed by atoms with E-state index in [0.717, 1.165) is 12.3 Å². The molecular formula is C8H7FN4O2. The third-order valence-corrected chi connectivity index (χ3v) is 1.28. The van der Waals surface area contributed by atoms with E-state index in [0.29, 0.717) is 0 Å². The topological polar surface area (TPSA) is 80.6 Å². The maximum Gasteiger partial charge on any atom is 0.357 e. The molecule has 0 aliphatic rings. The van der Waals surface area contributed by atoms with Crippen LogP contribution in [0.25, 0.3) is 0 Å². The van der Waals surface area contributed by atoms with Crippen molar-refractivity contribution in [2.24, 2.45) is 0 Å². The molecule has 0 saturated heterocycles. The van der Waals surface area contributed by atoms with E-state index < -0.39 is 16.0 Å². The summed E-state index contributed by atoms with van der Waals surface area (Å²) < 4.78 is 12.0. The van der Waals surface area contributed by atoms with Gasteiger partial charge in [0.25, 0.3) is 5.56 Å². The fraction of sp³-hybridized carbons (Fsp3) is 0. The Labute approximate surface area is 83.0 Å². The minimum Gasteiger partial charge on any atom is -0.312 e. The monoisotopic (exact) mass is 210 g/mol. The van der Waals surface area contributed by atoms with Crippen LogP contribution in [-0.4, -0.2) is 19.7 Å². The van der Waals surface area contributed by atoms with Crippen LogP contribution in [0.3, 0.4) is 0 Å². The number of nitrogens with zero attached hydrogens (tertiary/aromatic N) is 3. The van der Waals surface area contributed by atoms with Crippen LogP contribution in [0.5, 0.6) is 0 Å². The third kappa shape index (κ3) is 3.51. The highest BCUT2D eigenvalue weighted by molar-refractivity contribution is 4.79. The van der Waals surface area contributed by atoms with E-state index in [1.54, 1.807) is 18.5 Å². The lowest BCUT2D eigenvalue weighted by molar-refractivity contribution is 0.330. The Hall–Kier alpha value is -2.31. The molecule has 0 aromatic carbocycles. The van der Waals surface area contributed by atoms with Gasteiger partial charge in [-0.15, -0.1) is 0 Å². The predicted molar refractivity (Wildman–Crippen MR) is 49.9 cm³/mol. The average Bonchev–Trinajstić information content (AvgIpc) is 2.29. The summed E-state index contributed by atoms with van der Waals surface area (Å²) in [6.07, 6.45) is 5.96. The second-order valence-corrected chi connectivity index (χ2v) is 2.31. The van der Waals surface area contributed by atoms with Gasteiger partial charge in [-0.3, -0.25) is 4.79 Å². The lowest BCUT2D eigenvalue weighted by Crippen LogP contribution is -2.28. The molecule has 15 heavy (non-hydrogen) atoms. The molecule has 6 nitrogen and oxygen atoms in total. The van der Waals surface area contributed by atoms with Gasteiger partial charge in [-0.1, -0.05) is 9.27 Å². The third-order valence-electron chi connectivity index (χ3n) is 1.28. The fourth-order valence-corrected chi connectivity index (χ4v) is 0.660. The maximum atomic E-state index is 12.0. The van der Waals surface area contributed by atoms with E-state index in [-0.39, 0.29) is 0 Å². The molecule has 1 N–H and O–H groups in total. The molecule has 0 saturated carbocycles. The van der Waals surface area contributed by atoms with Gasteiger partial charge < -0.3 is 4.98 Å². The van der Waals surface area contributed by atoms with E-state index in [1.807, 2.05) is 4.98 Å². The van der Waals surface area contributed by atoms with Gasteiger partial charge in [0.1, 0.15) is 6.33 Å². The van der Waals surface area contributed by atoms with Crippen LogP contribution < -0.4 is 11.2 Å². The van der Waals surface area contributed by atoms with E-state index in [4.69, 9.17) is 0 Å². The van der Waals surface area contributed by atoms with E-state index in [2.05, 4.69) is 9.97 Å². The Kier molecular flexibility index (Phi) is 3.90. The van der Waals surface area contributed by atoms with Crippen LogP contribution in [-0.2, 0) is 0 Å². The first-order valence-electron chi connectivity index (χ1n) is 3.88. The lowest BCUT2D eigenvalue weighted by Gasteiger charge is -1.83. The van der Waals surface area contributed by atoms with E-state index in [1.165, 1.54) is 6.33 Å². The first-order chi connectivity index (χ1) is 7.22. The molecule has 0 spiro atoms. The van der Waals surface area contributed by atoms with Gasteiger partial charge in [-0.25, -0.2) is 14.8 Å². The molecule has 7 heteroatoms. The molecule has 0 fully saturated rings. The van der Waals surface area contributed by atoms with Gasteiger partial charge in [0.05, 0.1) is 0 Å². The summed E-state index contributed by atoms with van der Waals surface area (Å²) in [4.78, 5) is 29.2. The highest BCUT2D eigenvalue weighted by atomic mass is 19.2. The minimum absolute atomic E-state index is 0.500. The molecule has 2 heterocycles. The summed E-state index contributed by atoms with van der Waals surface area (Å²) in [6.45, 7) is 0. The summed E-state index contributed by atoms with van der Waals surface area (Å²) in [5, 5.41) is 0.